The third-order valence-electron chi connectivity index (χ3n) is 5.50. The molecule has 37 heavy (non-hydrogen) atoms. The number of benzene rings is 2. The molecule has 0 aliphatic carbocycles. The van der Waals surface area contributed by atoms with Crippen molar-refractivity contribution in [1.29, 1.82) is 0 Å². The Kier molecular flexibility index (Phi) is 7.47. The fourth-order valence-corrected chi connectivity index (χ4v) is 5.01. The first kappa shape index (κ1) is 26.5. The summed E-state index contributed by atoms with van der Waals surface area (Å²) in [4.78, 5) is 30.0. The Labute approximate surface area is 217 Å². The molecule has 0 bridgehead atoms. The van der Waals surface area contributed by atoms with Crippen molar-refractivity contribution in [2.45, 2.75) is 19.1 Å². The minimum Gasteiger partial charge on any atom is -0.497 e. The Bertz CT molecular complexity index is 1560. The second-order valence-corrected chi connectivity index (χ2v) is 9.17. The lowest BCUT2D eigenvalue weighted by Gasteiger charge is -2.26. The first-order chi connectivity index (χ1) is 17.6. The van der Waals surface area contributed by atoms with Crippen LogP contribution in [0.25, 0.3) is 6.08 Å². The lowest BCUT2D eigenvalue weighted by atomic mass is 9.95. The van der Waals surface area contributed by atoms with Crippen LogP contribution in [0.1, 0.15) is 24.1 Å². The van der Waals surface area contributed by atoms with Gasteiger partial charge in [-0.1, -0.05) is 35.1 Å². The molecule has 0 amide bonds. The van der Waals surface area contributed by atoms with Crippen LogP contribution in [-0.2, 0) is 9.53 Å². The van der Waals surface area contributed by atoms with E-state index in [0.29, 0.717) is 22.1 Å². The third-order valence-corrected chi connectivity index (χ3v) is 6.74. The summed E-state index contributed by atoms with van der Waals surface area (Å²) >= 11 is 6.74. The summed E-state index contributed by atoms with van der Waals surface area (Å²) in [6.07, 6.45) is -3.51. The molecule has 1 aliphatic rings. The summed E-state index contributed by atoms with van der Waals surface area (Å²) in [5.74, 6) is -0.311. The highest BCUT2D eigenvalue weighted by Crippen LogP contribution is 2.38. The number of nitrogens with zero attached hydrogens (tertiary/aromatic N) is 2. The summed E-state index contributed by atoms with van der Waals surface area (Å²) in [7, 11) is 2.92. The van der Waals surface area contributed by atoms with E-state index in [4.69, 9.17) is 25.8 Å². The van der Waals surface area contributed by atoms with Gasteiger partial charge in [0, 0.05) is 10.6 Å². The second-order valence-electron chi connectivity index (χ2n) is 7.72. The summed E-state index contributed by atoms with van der Waals surface area (Å²) < 4.78 is 59.2. The summed E-state index contributed by atoms with van der Waals surface area (Å²) in [5.41, 5.74) is -2.14. The van der Waals surface area contributed by atoms with Gasteiger partial charge in [-0.05, 0) is 48.9 Å². The second kappa shape index (κ2) is 10.4. The minimum atomic E-state index is -4.99. The fraction of sp³-hybridized carbons (Fsp3) is 0.240. The van der Waals surface area contributed by atoms with Crippen LogP contribution in [0.5, 0.6) is 11.5 Å². The number of alkyl halides is 3. The Morgan fingerprint density at radius 2 is 1.86 bits per heavy atom. The van der Waals surface area contributed by atoms with Crippen LogP contribution in [-0.4, -0.2) is 37.5 Å². The lowest BCUT2D eigenvalue weighted by Crippen LogP contribution is -2.41. The number of hydrogen-bond acceptors (Lipinski definition) is 7. The molecule has 2 heterocycles. The number of aromatic nitrogens is 1. The molecule has 0 N–H and O–H groups in total. The number of allylic oxidation sites excluding steroid dienone is 1. The molecule has 1 aromatic heterocycles. The van der Waals surface area contributed by atoms with Gasteiger partial charge in [0.1, 0.15) is 11.5 Å². The zero-order valence-corrected chi connectivity index (χ0v) is 21.3. The molecule has 2 aromatic carbocycles. The predicted octanol–water partition coefficient (Wildman–Crippen LogP) is 4.01. The average molecular weight is 553 g/mol. The Balaban J connectivity index is 2.06. The van der Waals surface area contributed by atoms with E-state index in [1.807, 2.05) is 0 Å². The van der Waals surface area contributed by atoms with Gasteiger partial charge >= 0.3 is 12.1 Å². The number of ether oxygens (including phenoxy) is 3. The standard InChI is InChI=1S/C25H20ClF3N2O5S/c1-4-36-23(33)19-20(13-5-7-15(26)8-6-13)31-22(32)18(37-24(31)30-21(19)25(27,28)29)12-14-11-16(34-2)9-10-17(14)35-3/h5-12,20H,4H2,1-3H3/b18-12-/t20-/m1/s1. The van der Waals surface area contributed by atoms with E-state index in [9.17, 15) is 22.8 Å². The molecule has 4 rings (SSSR count). The van der Waals surface area contributed by atoms with Crippen molar-refractivity contribution in [3.63, 3.8) is 0 Å². The highest BCUT2D eigenvalue weighted by Gasteiger charge is 2.45. The average Bonchev–Trinajstić information content (AvgIpc) is 3.17. The van der Waals surface area contributed by atoms with Crippen molar-refractivity contribution in [3.05, 3.63) is 89.6 Å². The van der Waals surface area contributed by atoms with Crippen molar-refractivity contribution < 1.29 is 32.2 Å². The van der Waals surface area contributed by atoms with Crippen molar-refractivity contribution >= 4 is 35.0 Å². The molecule has 0 fully saturated rings. The van der Waals surface area contributed by atoms with Gasteiger partial charge < -0.3 is 14.2 Å². The van der Waals surface area contributed by atoms with E-state index < -0.39 is 35.0 Å². The van der Waals surface area contributed by atoms with Crippen LogP contribution in [0.15, 0.2) is 63.5 Å². The van der Waals surface area contributed by atoms with Gasteiger partial charge in [0.2, 0.25) is 0 Å². The van der Waals surface area contributed by atoms with Gasteiger partial charge in [0.05, 0.1) is 37.0 Å². The number of rotatable bonds is 6. The summed E-state index contributed by atoms with van der Waals surface area (Å²) in [6, 6.07) is 9.31. The maximum atomic E-state index is 14.2. The predicted molar refractivity (Wildman–Crippen MR) is 132 cm³/mol. The van der Waals surface area contributed by atoms with Crippen molar-refractivity contribution in [2.75, 3.05) is 20.8 Å². The van der Waals surface area contributed by atoms with Crippen LogP contribution < -0.4 is 24.4 Å². The quantitative estimate of drug-likeness (QED) is 0.432. The monoisotopic (exact) mass is 552 g/mol. The number of methoxy groups -OCH3 is 2. The van der Waals surface area contributed by atoms with E-state index in [1.54, 1.807) is 18.2 Å². The van der Waals surface area contributed by atoms with E-state index in [-0.39, 0.29) is 21.5 Å². The van der Waals surface area contributed by atoms with E-state index in [2.05, 4.69) is 4.99 Å². The smallest absolute Gasteiger partial charge is 0.434 e. The summed E-state index contributed by atoms with van der Waals surface area (Å²) in [5, 5.41) is 0.332. The molecule has 12 heteroatoms. The number of halogens is 4. The minimum absolute atomic E-state index is 0.0795. The molecule has 1 atom stereocenters. The van der Waals surface area contributed by atoms with Crippen LogP contribution in [0.4, 0.5) is 13.2 Å². The fourth-order valence-electron chi connectivity index (χ4n) is 3.89. The molecule has 0 radical (unpaired) electrons. The third kappa shape index (κ3) is 5.14. The normalized spacial score (nSPS) is 15.8. The molecule has 0 saturated carbocycles. The molecule has 0 spiro atoms. The van der Waals surface area contributed by atoms with Crippen molar-refractivity contribution in [2.24, 2.45) is 4.99 Å². The number of fused-ring (bicyclic) bond motifs is 1. The number of carbonyl (C=O) groups excluding carboxylic acids is 1. The van der Waals surface area contributed by atoms with E-state index in [0.717, 1.165) is 15.9 Å². The Hall–Kier alpha value is -3.57. The molecule has 0 unspecified atom stereocenters. The topological polar surface area (TPSA) is 79.1 Å². The lowest BCUT2D eigenvalue weighted by molar-refractivity contribution is -0.140. The van der Waals surface area contributed by atoms with Crippen LogP contribution in [0.2, 0.25) is 5.02 Å². The highest BCUT2D eigenvalue weighted by atomic mass is 35.5. The van der Waals surface area contributed by atoms with Crippen LogP contribution >= 0.6 is 22.9 Å². The largest absolute Gasteiger partial charge is 0.497 e. The number of thiazole rings is 1. The van der Waals surface area contributed by atoms with Crippen molar-refractivity contribution in [3.8, 4) is 11.5 Å². The highest BCUT2D eigenvalue weighted by molar-refractivity contribution is 7.07. The first-order valence-corrected chi connectivity index (χ1v) is 12.1. The van der Waals surface area contributed by atoms with Gasteiger partial charge in [-0.2, -0.15) is 13.2 Å². The molecule has 0 saturated heterocycles. The van der Waals surface area contributed by atoms with Gasteiger partial charge in [-0.3, -0.25) is 9.36 Å². The maximum Gasteiger partial charge on any atom is 0.434 e. The van der Waals surface area contributed by atoms with Crippen molar-refractivity contribution in [1.82, 2.24) is 4.57 Å². The molecular formula is C25H20ClF3N2O5S. The van der Waals surface area contributed by atoms with Crippen LogP contribution in [0.3, 0.4) is 0 Å². The SMILES string of the molecule is CCOC(=O)C1=C(C(F)(F)F)N=c2s/c(=C\c3cc(OC)ccc3OC)c(=O)n2[C@@H]1c1ccc(Cl)cc1. The number of esters is 1. The Morgan fingerprint density at radius 3 is 2.46 bits per heavy atom. The molecule has 7 nitrogen and oxygen atoms in total. The molecular weight excluding hydrogens is 533 g/mol. The van der Waals surface area contributed by atoms with Gasteiger partial charge in [-0.15, -0.1) is 0 Å². The van der Waals surface area contributed by atoms with Crippen LogP contribution in [0, 0.1) is 0 Å². The van der Waals surface area contributed by atoms with Gasteiger partial charge in [-0.25, -0.2) is 9.79 Å². The van der Waals surface area contributed by atoms with Gasteiger partial charge in [0.25, 0.3) is 5.56 Å². The maximum absolute atomic E-state index is 14.2. The molecule has 1 aliphatic heterocycles. The van der Waals surface area contributed by atoms with E-state index in [1.165, 1.54) is 51.5 Å². The van der Waals surface area contributed by atoms with E-state index >= 15 is 0 Å². The molecule has 194 valence electrons. The summed E-state index contributed by atoms with van der Waals surface area (Å²) in [6.45, 7) is 1.31. The van der Waals surface area contributed by atoms with Gasteiger partial charge in [0.15, 0.2) is 10.5 Å². The number of hydrogen-bond donors (Lipinski definition) is 0. The Morgan fingerprint density at radius 1 is 1.16 bits per heavy atom. The zero-order valence-electron chi connectivity index (χ0n) is 19.8. The molecule has 3 aromatic rings. The first-order valence-electron chi connectivity index (χ1n) is 10.9. The zero-order chi connectivity index (χ0) is 26.9. The number of carbonyl (C=O) groups is 1.